The zero-order valence-corrected chi connectivity index (χ0v) is 16.2. The first-order chi connectivity index (χ1) is 12.1. The van der Waals surface area contributed by atoms with Crippen LogP contribution in [0, 0.1) is 0 Å². The molecule has 4 amide bonds. The fraction of sp³-hybridized carbons (Fsp3) is 0.833. The third-order valence-electron chi connectivity index (χ3n) is 5.74. The van der Waals surface area contributed by atoms with Crippen LogP contribution in [-0.2, 0) is 9.59 Å². The summed E-state index contributed by atoms with van der Waals surface area (Å²) in [6, 6.07) is 0.117. The van der Waals surface area contributed by atoms with E-state index in [9.17, 15) is 14.4 Å². The molecule has 2 aliphatic carbocycles. The van der Waals surface area contributed by atoms with Gasteiger partial charge < -0.3 is 16.0 Å². The predicted molar refractivity (Wildman–Crippen MR) is 101 cm³/mol. The van der Waals surface area contributed by atoms with E-state index in [2.05, 4.69) is 16.0 Å². The van der Waals surface area contributed by atoms with Crippen LogP contribution in [0.4, 0.5) is 4.79 Å². The van der Waals surface area contributed by atoms with Crippen LogP contribution < -0.4 is 16.0 Å². The number of urea groups is 1. The average molecular weight is 387 g/mol. The second-order valence-electron chi connectivity index (χ2n) is 7.60. The molecule has 0 radical (unpaired) electrons. The van der Waals surface area contributed by atoms with Gasteiger partial charge in [-0.05, 0) is 25.7 Å². The summed E-state index contributed by atoms with van der Waals surface area (Å²) in [4.78, 5) is 37.7. The number of imide groups is 1. The van der Waals surface area contributed by atoms with Gasteiger partial charge in [0, 0.05) is 19.1 Å². The molecule has 3 rings (SSSR count). The molecule has 26 heavy (non-hydrogen) atoms. The van der Waals surface area contributed by atoms with Gasteiger partial charge in [0.2, 0.25) is 5.91 Å². The molecule has 0 bridgehead atoms. The van der Waals surface area contributed by atoms with E-state index >= 15 is 0 Å². The van der Waals surface area contributed by atoms with Crippen LogP contribution in [0.2, 0.25) is 0 Å². The molecule has 0 aromatic rings. The molecule has 1 heterocycles. The first-order valence-corrected chi connectivity index (χ1v) is 9.75. The van der Waals surface area contributed by atoms with Crippen LogP contribution >= 0.6 is 12.4 Å². The molecule has 148 valence electrons. The van der Waals surface area contributed by atoms with Gasteiger partial charge in [0.15, 0.2) is 0 Å². The molecule has 0 atom stereocenters. The lowest BCUT2D eigenvalue weighted by Gasteiger charge is -2.20. The number of carbonyl (C=O) groups excluding carboxylic acids is 3. The van der Waals surface area contributed by atoms with Crippen molar-refractivity contribution in [1.82, 2.24) is 20.9 Å². The van der Waals surface area contributed by atoms with Crippen molar-refractivity contribution in [3.8, 4) is 0 Å². The summed E-state index contributed by atoms with van der Waals surface area (Å²) in [6.45, 7) is 1.06. The van der Waals surface area contributed by atoms with Crippen molar-refractivity contribution in [3.05, 3.63) is 0 Å². The Morgan fingerprint density at radius 1 is 1.04 bits per heavy atom. The summed E-state index contributed by atoms with van der Waals surface area (Å²) in [5.41, 5.74) is -0.738. The average Bonchev–Trinajstić information content (AvgIpc) is 3.02. The van der Waals surface area contributed by atoms with Gasteiger partial charge in [-0.1, -0.05) is 38.5 Å². The van der Waals surface area contributed by atoms with Gasteiger partial charge in [-0.2, -0.15) is 0 Å². The van der Waals surface area contributed by atoms with E-state index in [1.807, 2.05) is 0 Å². The highest BCUT2D eigenvalue weighted by Crippen LogP contribution is 2.34. The first-order valence-electron chi connectivity index (χ1n) is 9.75. The lowest BCUT2D eigenvalue weighted by Crippen LogP contribution is -2.46. The van der Waals surface area contributed by atoms with Gasteiger partial charge in [-0.25, -0.2) is 4.79 Å². The topological polar surface area (TPSA) is 90.5 Å². The Balaban J connectivity index is 0.00000243. The molecule has 7 nitrogen and oxygen atoms in total. The predicted octanol–water partition coefficient (Wildman–Crippen LogP) is 1.70. The Labute approximate surface area is 161 Å². The van der Waals surface area contributed by atoms with Gasteiger partial charge in [0.1, 0.15) is 12.1 Å². The molecule has 1 spiro atoms. The number of halogens is 1. The summed E-state index contributed by atoms with van der Waals surface area (Å²) < 4.78 is 0. The molecule has 3 aliphatic rings. The van der Waals surface area contributed by atoms with E-state index < -0.39 is 11.6 Å². The molecule has 3 N–H and O–H groups in total. The van der Waals surface area contributed by atoms with E-state index in [1.165, 1.54) is 38.5 Å². The van der Waals surface area contributed by atoms with E-state index in [0.29, 0.717) is 25.4 Å². The maximum Gasteiger partial charge on any atom is 0.325 e. The summed E-state index contributed by atoms with van der Waals surface area (Å²) >= 11 is 0. The number of hydrogen-bond acceptors (Lipinski definition) is 4. The molecule has 2 saturated carbocycles. The number of carbonyl (C=O) groups is 3. The van der Waals surface area contributed by atoms with Crippen molar-refractivity contribution in [2.24, 2.45) is 0 Å². The highest BCUT2D eigenvalue weighted by Gasteiger charge is 2.52. The Kier molecular flexibility index (Phi) is 7.70. The van der Waals surface area contributed by atoms with Gasteiger partial charge in [0.25, 0.3) is 5.91 Å². The third-order valence-corrected chi connectivity index (χ3v) is 5.74. The number of nitrogens with one attached hydrogen (secondary N) is 3. The standard InChI is InChI=1S/C18H30N4O3.ClH/c23-15(20-12-11-19-14-7-3-1-2-4-8-14)13-22-16(24)18(21-17(22)25)9-5-6-10-18;/h14,19H,1-13H2,(H,20,23)(H,21,25);1H. The number of rotatable bonds is 6. The molecule has 0 aromatic carbocycles. The van der Waals surface area contributed by atoms with E-state index in [4.69, 9.17) is 0 Å². The molecule has 8 heteroatoms. The number of amides is 4. The maximum absolute atomic E-state index is 12.5. The van der Waals surface area contributed by atoms with Crippen LogP contribution in [-0.4, -0.2) is 54.0 Å². The van der Waals surface area contributed by atoms with Crippen molar-refractivity contribution >= 4 is 30.3 Å². The van der Waals surface area contributed by atoms with E-state index in [-0.39, 0.29) is 30.8 Å². The minimum atomic E-state index is -0.738. The molecule has 0 aromatic heterocycles. The van der Waals surface area contributed by atoms with Crippen molar-refractivity contribution in [2.45, 2.75) is 75.8 Å². The number of hydrogen-bond donors (Lipinski definition) is 3. The normalized spacial score (nSPS) is 22.8. The first kappa shape index (κ1) is 21.0. The molecule has 0 unspecified atom stereocenters. The smallest absolute Gasteiger partial charge is 0.325 e. The monoisotopic (exact) mass is 386 g/mol. The Morgan fingerprint density at radius 2 is 1.69 bits per heavy atom. The quantitative estimate of drug-likeness (QED) is 0.368. The number of nitrogens with zero attached hydrogens (tertiary/aromatic N) is 1. The van der Waals surface area contributed by atoms with Crippen molar-refractivity contribution in [3.63, 3.8) is 0 Å². The minimum absolute atomic E-state index is 0. The second-order valence-corrected chi connectivity index (χ2v) is 7.60. The lowest BCUT2D eigenvalue weighted by molar-refractivity contribution is -0.134. The Hall–Kier alpha value is -1.34. The molecular weight excluding hydrogens is 356 g/mol. The zero-order valence-electron chi connectivity index (χ0n) is 15.3. The summed E-state index contributed by atoms with van der Waals surface area (Å²) in [5.74, 6) is -0.511. The van der Waals surface area contributed by atoms with Crippen molar-refractivity contribution < 1.29 is 14.4 Å². The fourth-order valence-electron chi connectivity index (χ4n) is 4.30. The largest absolute Gasteiger partial charge is 0.353 e. The van der Waals surface area contributed by atoms with Crippen molar-refractivity contribution in [1.29, 1.82) is 0 Å². The molecule has 1 aliphatic heterocycles. The Bertz CT molecular complexity index is 515. The van der Waals surface area contributed by atoms with Crippen LogP contribution in [0.3, 0.4) is 0 Å². The molecule has 1 saturated heterocycles. The summed E-state index contributed by atoms with van der Waals surface area (Å²) in [6.07, 6.45) is 10.9. The Morgan fingerprint density at radius 3 is 2.35 bits per heavy atom. The molecule has 3 fully saturated rings. The van der Waals surface area contributed by atoms with Gasteiger partial charge in [-0.3, -0.25) is 14.5 Å². The lowest BCUT2D eigenvalue weighted by atomic mass is 9.98. The highest BCUT2D eigenvalue weighted by molar-refractivity contribution is 6.09. The van der Waals surface area contributed by atoms with Crippen LogP contribution in [0.1, 0.15) is 64.2 Å². The summed E-state index contributed by atoms with van der Waals surface area (Å²) in [5, 5.41) is 9.10. The summed E-state index contributed by atoms with van der Waals surface area (Å²) in [7, 11) is 0. The highest BCUT2D eigenvalue weighted by atomic mass is 35.5. The van der Waals surface area contributed by atoms with Crippen LogP contribution in [0.25, 0.3) is 0 Å². The third kappa shape index (κ3) is 4.88. The van der Waals surface area contributed by atoms with Crippen molar-refractivity contribution in [2.75, 3.05) is 19.6 Å². The van der Waals surface area contributed by atoms with Crippen LogP contribution in [0.15, 0.2) is 0 Å². The SMILES string of the molecule is Cl.O=C(CN1C(=O)NC2(CCCC2)C1=O)NCCNC1CCCCCC1. The zero-order chi connectivity index (χ0) is 17.7. The second kappa shape index (κ2) is 9.55. The van der Waals surface area contributed by atoms with E-state index in [0.717, 1.165) is 24.3 Å². The van der Waals surface area contributed by atoms with Gasteiger partial charge in [0.05, 0.1) is 0 Å². The van der Waals surface area contributed by atoms with Crippen LogP contribution in [0.5, 0.6) is 0 Å². The van der Waals surface area contributed by atoms with Gasteiger partial charge >= 0.3 is 6.03 Å². The minimum Gasteiger partial charge on any atom is -0.353 e. The van der Waals surface area contributed by atoms with Gasteiger partial charge in [-0.15, -0.1) is 12.4 Å². The van der Waals surface area contributed by atoms with E-state index in [1.54, 1.807) is 0 Å². The molecular formula is C18H31ClN4O3. The fourth-order valence-corrected chi connectivity index (χ4v) is 4.30. The maximum atomic E-state index is 12.5.